The number of hydrogen-bond donors (Lipinski definition) is 1. The van der Waals surface area contributed by atoms with Gasteiger partial charge in [-0.15, -0.1) is 0 Å². The van der Waals surface area contributed by atoms with Gasteiger partial charge in [0.1, 0.15) is 0 Å². The van der Waals surface area contributed by atoms with Crippen molar-refractivity contribution in [1.82, 2.24) is 15.5 Å². The number of nitrogens with one attached hydrogen (secondary N) is 1. The smallest absolute Gasteiger partial charge is 0.229 e. The van der Waals surface area contributed by atoms with Gasteiger partial charge in [-0.25, -0.2) is 0 Å². The predicted octanol–water partition coefficient (Wildman–Crippen LogP) is 3.25. The summed E-state index contributed by atoms with van der Waals surface area (Å²) in [7, 11) is 0. The molecule has 1 heterocycles. The summed E-state index contributed by atoms with van der Waals surface area (Å²) in [5.74, 6) is 2.02. The number of rotatable bonds is 8. The highest BCUT2D eigenvalue weighted by molar-refractivity contribution is 4.94. The van der Waals surface area contributed by atoms with Crippen molar-refractivity contribution in [3.63, 3.8) is 0 Å². The van der Waals surface area contributed by atoms with Gasteiger partial charge in [0, 0.05) is 12.0 Å². The third-order valence-corrected chi connectivity index (χ3v) is 2.78. The topological polar surface area (TPSA) is 51.0 Å². The molecular weight excluding hydrogens is 214 g/mol. The van der Waals surface area contributed by atoms with Crippen LogP contribution in [-0.4, -0.2) is 16.2 Å². The molecule has 17 heavy (non-hydrogen) atoms. The molecule has 0 radical (unpaired) electrons. The highest BCUT2D eigenvalue weighted by Gasteiger charge is 2.17. The van der Waals surface area contributed by atoms with Gasteiger partial charge >= 0.3 is 0 Å². The zero-order valence-corrected chi connectivity index (χ0v) is 11.5. The van der Waals surface area contributed by atoms with Crippen LogP contribution in [0.4, 0.5) is 0 Å². The van der Waals surface area contributed by atoms with Crippen molar-refractivity contribution in [2.75, 3.05) is 0 Å². The Hall–Kier alpha value is -0.900. The molecular formula is C13H25N3O. The molecule has 0 atom stereocenters. The van der Waals surface area contributed by atoms with E-state index in [4.69, 9.17) is 4.52 Å². The highest BCUT2D eigenvalue weighted by Crippen LogP contribution is 2.24. The summed E-state index contributed by atoms with van der Waals surface area (Å²) in [5, 5.41) is 7.32. The number of nitrogens with zero attached hydrogens (tertiary/aromatic N) is 2. The first-order valence-electron chi connectivity index (χ1n) is 6.73. The second kappa shape index (κ2) is 7.43. The second-order valence-corrected chi connectivity index (χ2v) is 4.86. The molecule has 0 aliphatic heterocycles. The number of hydrogen-bond acceptors (Lipinski definition) is 4. The Morgan fingerprint density at radius 2 is 1.82 bits per heavy atom. The van der Waals surface area contributed by atoms with Crippen molar-refractivity contribution in [2.24, 2.45) is 0 Å². The van der Waals surface area contributed by atoms with Crippen molar-refractivity contribution < 1.29 is 4.52 Å². The predicted molar refractivity (Wildman–Crippen MR) is 68.8 cm³/mol. The fourth-order valence-electron chi connectivity index (χ4n) is 1.89. The van der Waals surface area contributed by atoms with Crippen molar-refractivity contribution in [3.8, 4) is 0 Å². The minimum atomic E-state index is 0.435. The van der Waals surface area contributed by atoms with E-state index in [2.05, 4.69) is 43.2 Å². The molecule has 0 saturated heterocycles. The van der Waals surface area contributed by atoms with Gasteiger partial charge in [0.25, 0.3) is 0 Å². The Balaban J connectivity index is 2.57. The normalized spacial score (nSPS) is 11.6. The van der Waals surface area contributed by atoms with E-state index < -0.39 is 0 Å². The lowest BCUT2D eigenvalue weighted by Gasteiger charge is -2.09. The molecule has 4 heteroatoms. The van der Waals surface area contributed by atoms with Crippen LogP contribution in [0.3, 0.4) is 0 Å². The van der Waals surface area contributed by atoms with Gasteiger partial charge in [-0.2, -0.15) is 4.98 Å². The van der Waals surface area contributed by atoms with Gasteiger partial charge in [-0.1, -0.05) is 45.7 Å². The van der Waals surface area contributed by atoms with Crippen LogP contribution >= 0.6 is 0 Å². The lowest BCUT2D eigenvalue weighted by atomic mass is 9.98. The lowest BCUT2D eigenvalue weighted by Crippen LogP contribution is -2.22. The molecule has 0 amide bonds. The molecule has 1 rings (SSSR count). The van der Waals surface area contributed by atoms with Gasteiger partial charge in [0.15, 0.2) is 5.82 Å². The number of aromatic nitrogens is 2. The first-order valence-corrected chi connectivity index (χ1v) is 6.73. The average molecular weight is 239 g/mol. The summed E-state index contributed by atoms with van der Waals surface area (Å²) in [5.41, 5.74) is 0. The summed E-state index contributed by atoms with van der Waals surface area (Å²) in [4.78, 5) is 4.48. The van der Waals surface area contributed by atoms with Crippen LogP contribution in [-0.2, 0) is 6.54 Å². The van der Waals surface area contributed by atoms with Crippen LogP contribution in [0.2, 0.25) is 0 Å². The summed E-state index contributed by atoms with van der Waals surface area (Å²) < 4.78 is 5.36. The zero-order valence-electron chi connectivity index (χ0n) is 11.5. The van der Waals surface area contributed by atoms with Gasteiger partial charge in [0.2, 0.25) is 5.89 Å². The van der Waals surface area contributed by atoms with Gasteiger partial charge in [-0.3, -0.25) is 0 Å². The third-order valence-electron chi connectivity index (χ3n) is 2.78. The zero-order chi connectivity index (χ0) is 12.7. The van der Waals surface area contributed by atoms with E-state index in [0.29, 0.717) is 18.5 Å². The summed E-state index contributed by atoms with van der Waals surface area (Å²) in [6.07, 6.45) is 4.58. The summed E-state index contributed by atoms with van der Waals surface area (Å²) in [6.45, 7) is 9.29. The maximum atomic E-state index is 5.36. The lowest BCUT2D eigenvalue weighted by molar-refractivity contribution is 0.332. The molecule has 0 aromatic carbocycles. The van der Waals surface area contributed by atoms with Gasteiger partial charge in [0.05, 0.1) is 6.54 Å². The first kappa shape index (κ1) is 14.2. The molecule has 0 aliphatic rings. The van der Waals surface area contributed by atoms with Crippen LogP contribution in [0.5, 0.6) is 0 Å². The minimum Gasteiger partial charge on any atom is -0.339 e. The molecule has 0 saturated carbocycles. The standard InChI is InChI=1S/C13H25N3O/c1-5-7-11(8-6-2)13-15-12(16-17-13)9-14-10(3)4/h10-11,14H,5-9H2,1-4H3. The molecule has 1 aromatic heterocycles. The molecule has 4 nitrogen and oxygen atoms in total. The van der Waals surface area contributed by atoms with E-state index in [0.717, 1.165) is 37.4 Å². The third kappa shape index (κ3) is 4.86. The molecule has 0 unspecified atom stereocenters. The fraction of sp³-hybridized carbons (Fsp3) is 0.846. The molecule has 0 bridgehead atoms. The molecule has 98 valence electrons. The summed E-state index contributed by atoms with van der Waals surface area (Å²) in [6, 6.07) is 0.444. The maximum Gasteiger partial charge on any atom is 0.229 e. The SMILES string of the molecule is CCCC(CCC)c1nc(CNC(C)C)no1. The fourth-order valence-corrected chi connectivity index (χ4v) is 1.89. The van der Waals surface area contributed by atoms with E-state index in [1.165, 1.54) is 0 Å². The molecule has 1 aromatic rings. The van der Waals surface area contributed by atoms with E-state index in [1.807, 2.05) is 0 Å². The first-order chi connectivity index (χ1) is 8.17. The molecule has 0 fully saturated rings. The molecule has 0 spiro atoms. The Labute approximate surface area is 104 Å². The second-order valence-electron chi connectivity index (χ2n) is 4.86. The van der Waals surface area contributed by atoms with E-state index in [-0.39, 0.29) is 0 Å². The molecule has 1 N–H and O–H groups in total. The van der Waals surface area contributed by atoms with Crippen LogP contribution < -0.4 is 5.32 Å². The van der Waals surface area contributed by atoms with Gasteiger partial charge in [-0.05, 0) is 12.8 Å². The summed E-state index contributed by atoms with van der Waals surface area (Å²) >= 11 is 0. The van der Waals surface area contributed by atoms with Crippen molar-refractivity contribution in [3.05, 3.63) is 11.7 Å². The van der Waals surface area contributed by atoms with E-state index in [1.54, 1.807) is 0 Å². The Bertz CT molecular complexity index is 303. The minimum absolute atomic E-state index is 0.435. The molecule has 0 aliphatic carbocycles. The largest absolute Gasteiger partial charge is 0.339 e. The van der Waals surface area contributed by atoms with E-state index >= 15 is 0 Å². The van der Waals surface area contributed by atoms with Crippen LogP contribution in [0.25, 0.3) is 0 Å². The van der Waals surface area contributed by atoms with Crippen LogP contribution in [0.15, 0.2) is 4.52 Å². The maximum absolute atomic E-state index is 5.36. The van der Waals surface area contributed by atoms with E-state index in [9.17, 15) is 0 Å². The van der Waals surface area contributed by atoms with Crippen LogP contribution in [0, 0.1) is 0 Å². The average Bonchev–Trinajstić information content (AvgIpc) is 2.74. The Morgan fingerprint density at radius 3 is 2.35 bits per heavy atom. The van der Waals surface area contributed by atoms with Crippen molar-refractivity contribution in [2.45, 2.75) is 71.9 Å². The highest BCUT2D eigenvalue weighted by atomic mass is 16.5. The quantitative estimate of drug-likeness (QED) is 0.756. The van der Waals surface area contributed by atoms with Crippen molar-refractivity contribution >= 4 is 0 Å². The van der Waals surface area contributed by atoms with Crippen molar-refractivity contribution in [1.29, 1.82) is 0 Å². The Morgan fingerprint density at radius 1 is 1.18 bits per heavy atom. The Kier molecular flexibility index (Phi) is 6.19. The monoisotopic (exact) mass is 239 g/mol. The van der Waals surface area contributed by atoms with Crippen LogP contribution in [0.1, 0.15) is 71.0 Å². The van der Waals surface area contributed by atoms with Gasteiger partial charge < -0.3 is 9.84 Å².